The summed E-state index contributed by atoms with van der Waals surface area (Å²) >= 11 is 2.84. The SMILES string of the molecule is O=C(c1cccnc1)c1ccc(C(F)(F)F)c(Br)c1. The first kappa shape index (κ1) is 13.7. The first-order chi connectivity index (χ1) is 8.89. The van der Waals surface area contributed by atoms with Crippen molar-refractivity contribution in [1.29, 1.82) is 0 Å². The largest absolute Gasteiger partial charge is 0.417 e. The molecule has 0 saturated carbocycles. The quantitative estimate of drug-likeness (QED) is 0.776. The van der Waals surface area contributed by atoms with Crippen molar-refractivity contribution < 1.29 is 18.0 Å². The van der Waals surface area contributed by atoms with Gasteiger partial charge in [0.05, 0.1) is 5.56 Å². The lowest BCUT2D eigenvalue weighted by molar-refractivity contribution is -0.138. The van der Waals surface area contributed by atoms with Crippen LogP contribution in [-0.2, 0) is 6.18 Å². The van der Waals surface area contributed by atoms with Crippen LogP contribution in [0.15, 0.2) is 47.2 Å². The summed E-state index contributed by atoms with van der Waals surface area (Å²) in [6.45, 7) is 0. The van der Waals surface area contributed by atoms with Crippen molar-refractivity contribution in [2.75, 3.05) is 0 Å². The Hall–Kier alpha value is -1.69. The molecule has 0 spiro atoms. The molecule has 6 heteroatoms. The predicted molar refractivity (Wildman–Crippen MR) is 66.8 cm³/mol. The zero-order valence-corrected chi connectivity index (χ0v) is 11.0. The number of halogens is 4. The number of hydrogen-bond acceptors (Lipinski definition) is 2. The Morgan fingerprint density at radius 3 is 2.42 bits per heavy atom. The molecule has 0 N–H and O–H groups in total. The summed E-state index contributed by atoms with van der Waals surface area (Å²) in [5.41, 5.74) is -0.308. The van der Waals surface area contributed by atoms with Gasteiger partial charge in [0.25, 0.3) is 0 Å². The number of pyridine rings is 1. The molecule has 0 fully saturated rings. The van der Waals surface area contributed by atoms with E-state index >= 15 is 0 Å². The van der Waals surface area contributed by atoms with Gasteiger partial charge in [0.1, 0.15) is 0 Å². The lowest BCUT2D eigenvalue weighted by Crippen LogP contribution is -2.08. The van der Waals surface area contributed by atoms with Gasteiger partial charge in [0.15, 0.2) is 5.78 Å². The van der Waals surface area contributed by atoms with Gasteiger partial charge in [0, 0.05) is 28.0 Å². The number of carbonyl (C=O) groups excluding carboxylic acids is 1. The number of ketones is 1. The summed E-state index contributed by atoms with van der Waals surface area (Å²) < 4.78 is 37.6. The summed E-state index contributed by atoms with van der Waals surface area (Å²) in [7, 11) is 0. The Kier molecular flexibility index (Phi) is 3.71. The smallest absolute Gasteiger partial charge is 0.289 e. The van der Waals surface area contributed by atoms with Crippen molar-refractivity contribution in [3.8, 4) is 0 Å². The standard InChI is InChI=1S/C13H7BrF3NO/c14-11-6-8(3-4-10(11)13(15,16)17)12(19)9-2-1-5-18-7-9/h1-7H. The van der Waals surface area contributed by atoms with E-state index in [1.165, 1.54) is 12.4 Å². The van der Waals surface area contributed by atoms with Crippen LogP contribution in [0, 0.1) is 0 Å². The normalized spacial score (nSPS) is 11.4. The number of benzene rings is 1. The van der Waals surface area contributed by atoms with Gasteiger partial charge in [-0.3, -0.25) is 9.78 Å². The second-order valence-electron chi connectivity index (χ2n) is 3.76. The van der Waals surface area contributed by atoms with Crippen molar-refractivity contribution >= 4 is 21.7 Å². The minimum Gasteiger partial charge on any atom is -0.289 e. The van der Waals surface area contributed by atoms with E-state index in [1.807, 2.05) is 0 Å². The number of hydrogen-bond donors (Lipinski definition) is 0. The molecule has 1 heterocycles. The van der Waals surface area contributed by atoms with Gasteiger partial charge in [-0.1, -0.05) is 22.0 Å². The highest BCUT2D eigenvalue weighted by atomic mass is 79.9. The first-order valence-electron chi connectivity index (χ1n) is 5.21. The number of alkyl halides is 3. The lowest BCUT2D eigenvalue weighted by Gasteiger charge is -2.10. The van der Waals surface area contributed by atoms with Gasteiger partial charge in [-0.05, 0) is 24.3 Å². The molecule has 0 aliphatic carbocycles. The average Bonchev–Trinajstić information content (AvgIpc) is 2.37. The summed E-state index contributed by atoms with van der Waals surface area (Å²) in [6.07, 6.45) is -1.57. The van der Waals surface area contributed by atoms with Crippen molar-refractivity contribution in [2.45, 2.75) is 6.18 Å². The molecule has 0 amide bonds. The Morgan fingerprint density at radius 2 is 1.89 bits per heavy atom. The third kappa shape index (κ3) is 3.01. The molecular formula is C13H7BrF3NO. The Balaban J connectivity index is 2.38. The highest BCUT2D eigenvalue weighted by Crippen LogP contribution is 2.35. The van der Waals surface area contributed by atoms with Crippen LogP contribution < -0.4 is 0 Å². The average molecular weight is 330 g/mol. The van der Waals surface area contributed by atoms with Crippen LogP contribution in [0.3, 0.4) is 0 Å². The molecule has 0 atom stereocenters. The fourth-order valence-electron chi connectivity index (χ4n) is 1.55. The van der Waals surface area contributed by atoms with E-state index in [0.29, 0.717) is 5.56 Å². The number of rotatable bonds is 2. The van der Waals surface area contributed by atoms with Crippen LogP contribution in [0.1, 0.15) is 21.5 Å². The molecule has 2 nitrogen and oxygen atoms in total. The zero-order valence-electron chi connectivity index (χ0n) is 9.41. The maximum Gasteiger partial charge on any atom is 0.417 e. The van der Waals surface area contributed by atoms with Crippen LogP contribution in [-0.4, -0.2) is 10.8 Å². The van der Waals surface area contributed by atoms with Crippen LogP contribution in [0.2, 0.25) is 0 Å². The molecule has 19 heavy (non-hydrogen) atoms. The van der Waals surface area contributed by atoms with Gasteiger partial charge in [-0.25, -0.2) is 0 Å². The lowest BCUT2D eigenvalue weighted by atomic mass is 10.0. The van der Waals surface area contributed by atoms with Crippen LogP contribution >= 0.6 is 15.9 Å². The van der Waals surface area contributed by atoms with Crippen LogP contribution in [0.5, 0.6) is 0 Å². The topological polar surface area (TPSA) is 30.0 Å². The third-order valence-corrected chi connectivity index (χ3v) is 3.12. The summed E-state index contributed by atoms with van der Waals surface area (Å²) in [5, 5.41) is 0. The minimum atomic E-state index is -4.45. The molecule has 2 rings (SSSR count). The summed E-state index contributed by atoms with van der Waals surface area (Å²) in [6, 6.07) is 6.35. The van der Waals surface area contributed by atoms with E-state index < -0.39 is 11.7 Å². The Bertz CT molecular complexity index is 611. The summed E-state index contributed by atoms with van der Waals surface area (Å²) in [5.74, 6) is -0.373. The molecule has 2 aromatic rings. The van der Waals surface area contributed by atoms with Crippen LogP contribution in [0.25, 0.3) is 0 Å². The van der Waals surface area contributed by atoms with Gasteiger partial charge in [0.2, 0.25) is 0 Å². The number of nitrogens with zero attached hydrogens (tertiary/aromatic N) is 1. The Morgan fingerprint density at radius 1 is 1.16 bits per heavy atom. The second kappa shape index (κ2) is 5.13. The zero-order chi connectivity index (χ0) is 14.0. The number of carbonyl (C=O) groups is 1. The van der Waals surface area contributed by atoms with Crippen molar-refractivity contribution in [1.82, 2.24) is 4.98 Å². The van der Waals surface area contributed by atoms with E-state index in [9.17, 15) is 18.0 Å². The first-order valence-corrected chi connectivity index (χ1v) is 6.00. The minimum absolute atomic E-state index is 0.158. The van der Waals surface area contributed by atoms with E-state index in [0.717, 1.165) is 18.2 Å². The highest BCUT2D eigenvalue weighted by Gasteiger charge is 2.33. The van der Waals surface area contributed by atoms with E-state index in [-0.39, 0.29) is 15.8 Å². The predicted octanol–water partition coefficient (Wildman–Crippen LogP) is 4.09. The molecule has 0 unspecified atom stereocenters. The van der Waals surface area contributed by atoms with Gasteiger partial charge in [-0.2, -0.15) is 13.2 Å². The van der Waals surface area contributed by atoms with Crippen molar-refractivity contribution in [2.24, 2.45) is 0 Å². The molecule has 0 radical (unpaired) electrons. The third-order valence-electron chi connectivity index (χ3n) is 2.46. The van der Waals surface area contributed by atoms with Crippen LogP contribution in [0.4, 0.5) is 13.2 Å². The Labute approximate surface area is 115 Å². The van der Waals surface area contributed by atoms with Gasteiger partial charge in [-0.15, -0.1) is 0 Å². The molecule has 1 aromatic heterocycles. The molecule has 0 aliphatic heterocycles. The number of aromatic nitrogens is 1. The monoisotopic (exact) mass is 329 g/mol. The van der Waals surface area contributed by atoms with E-state index in [2.05, 4.69) is 20.9 Å². The molecule has 1 aromatic carbocycles. The summed E-state index contributed by atoms with van der Waals surface area (Å²) in [4.78, 5) is 15.8. The fraction of sp³-hybridized carbons (Fsp3) is 0.0769. The maximum atomic E-state index is 12.6. The molecular weight excluding hydrogens is 323 g/mol. The van der Waals surface area contributed by atoms with Gasteiger partial charge >= 0.3 is 6.18 Å². The van der Waals surface area contributed by atoms with E-state index in [1.54, 1.807) is 12.1 Å². The molecule has 0 aliphatic rings. The second-order valence-corrected chi connectivity index (χ2v) is 4.62. The van der Waals surface area contributed by atoms with E-state index in [4.69, 9.17) is 0 Å². The van der Waals surface area contributed by atoms with Gasteiger partial charge < -0.3 is 0 Å². The van der Waals surface area contributed by atoms with Crippen molar-refractivity contribution in [3.05, 3.63) is 63.9 Å². The highest BCUT2D eigenvalue weighted by molar-refractivity contribution is 9.10. The maximum absolute atomic E-state index is 12.6. The fourth-order valence-corrected chi connectivity index (χ4v) is 2.15. The molecule has 0 saturated heterocycles. The molecule has 98 valence electrons. The van der Waals surface area contributed by atoms with Crippen molar-refractivity contribution in [3.63, 3.8) is 0 Å². The molecule has 0 bridgehead atoms.